The van der Waals surface area contributed by atoms with Gasteiger partial charge in [-0.1, -0.05) is 12.1 Å². The molecule has 2 aromatic carbocycles. The molecule has 1 N–H and O–H groups in total. The molecule has 0 aliphatic carbocycles. The molecule has 204 valence electrons. The Morgan fingerprint density at radius 2 is 1.65 bits per heavy atom. The first-order valence-electron chi connectivity index (χ1n) is 12.3. The molecule has 2 amide bonds. The lowest BCUT2D eigenvalue weighted by Gasteiger charge is -2.32. The van der Waals surface area contributed by atoms with Gasteiger partial charge < -0.3 is 15.0 Å². The molecule has 0 unspecified atom stereocenters. The van der Waals surface area contributed by atoms with E-state index in [1.165, 1.54) is 21.3 Å². The van der Waals surface area contributed by atoms with Crippen molar-refractivity contribution >= 4 is 27.5 Å². The van der Waals surface area contributed by atoms with E-state index in [1.54, 1.807) is 43.3 Å². The average molecular weight is 536 g/mol. The summed E-state index contributed by atoms with van der Waals surface area (Å²) in [6.45, 7) is 9.77. The minimum atomic E-state index is -3.60. The smallest absolute Gasteiger partial charge is 0.242 e. The molecule has 2 aromatic rings. The molecule has 0 heterocycles. The van der Waals surface area contributed by atoms with Crippen LogP contribution in [0.4, 0.5) is 10.1 Å². The lowest BCUT2D eigenvalue weighted by atomic mass is 10.1. The Morgan fingerprint density at radius 1 is 1.05 bits per heavy atom. The number of nitrogens with zero attached hydrogens (tertiary/aromatic N) is 2. The summed E-state index contributed by atoms with van der Waals surface area (Å²) >= 11 is 0. The zero-order chi connectivity index (χ0) is 27.8. The van der Waals surface area contributed by atoms with Gasteiger partial charge in [-0.05, 0) is 83.0 Å². The Hall–Kier alpha value is -3.14. The highest BCUT2D eigenvalue weighted by molar-refractivity contribution is 7.92. The van der Waals surface area contributed by atoms with Crippen LogP contribution in [-0.2, 0) is 26.2 Å². The van der Waals surface area contributed by atoms with Crippen LogP contribution in [-0.4, -0.2) is 56.1 Å². The van der Waals surface area contributed by atoms with Crippen molar-refractivity contribution in [1.82, 2.24) is 10.2 Å². The van der Waals surface area contributed by atoms with E-state index in [2.05, 4.69) is 5.32 Å². The molecule has 0 saturated carbocycles. The SMILES string of the molecule is CCOc1ccc(N(CCCC(=O)N(Cc2ccc(F)cc2)[C@@H](C)C(=O)NC(C)(C)C)S(C)(=O)=O)cc1. The third-order valence-corrected chi connectivity index (χ3v) is 6.71. The predicted octanol–water partition coefficient (Wildman–Crippen LogP) is 4.10. The lowest BCUT2D eigenvalue weighted by molar-refractivity contribution is -0.141. The fourth-order valence-electron chi connectivity index (χ4n) is 3.72. The molecular weight excluding hydrogens is 497 g/mol. The van der Waals surface area contributed by atoms with Gasteiger partial charge in [0.15, 0.2) is 0 Å². The van der Waals surface area contributed by atoms with E-state index >= 15 is 0 Å². The topological polar surface area (TPSA) is 96.0 Å². The second kappa shape index (κ2) is 12.9. The molecule has 37 heavy (non-hydrogen) atoms. The summed E-state index contributed by atoms with van der Waals surface area (Å²) in [5.74, 6) is -0.375. The van der Waals surface area contributed by atoms with Crippen molar-refractivity contribution in [3.05, 3.63) is 59.9 Å². The van der Waals surface area contributed by atoms with E-state index < -0.39 is 27.4 Å². The number of hydrogen-bond acceptors (Lipinski definition) is 5. The van der Waals surface area contributed by atoms with Gasteiger partial charge in [0.05, 0.1) is 18.6 Å². The number of carbonyl (C=O) groups is 2. The van der Waals surface area contributed by atoms with Gasteiger partial charge in [0.25, 0.3) is 0 Å². The standard InChI is InChI=1S/C27H38FN3O5S/c1-7-36-24-16-14-23(15-17-24)31(37(6,34)35)18-8-9-25(32)30(19-21-10-12-22(28)13-11-21)20(2)26(33)29-27(3,4)5/h10-17,20H,7-9,18-19H2,1-6H3,(H,29,33)/t20-/m0/s1. The summed E-state index contributed by atoms with van der Waals surface area (Å²) in [6.07, 6.45) is 1.38. The number of hydrogen-bond donors (Lipinski definition) is 1. The summed E-state index contributed by atoms with van der Waals surface area (Å²) in [7, 11) is -3.60. The highest BCUT2D eigenvalue weighted by Gasteiger charge is 2.28. The van der Waals surface area contributed by atoms with Crippen molar-refractivity contribution in [1.29, 1.82) is 0 Å². The van der Waals surface area contributed by atoms with E-state index in [0.29, 0.717) is 23.6 Å². The molecule has 0 saturated heterocycles. The molecule has 0 radical (unpaired) electrons. The molecule has 0 spiro atoms. The maximum Gasteiger partial charge on any atom is 0.242 e. The third-order valence-electron chi connectivity index (χ3n) is 5.52. The first-order valence-corrected chi connectivity index (χ1v) is 14.1. The van der Waals surface area contributed by atoms with Gasteiger partial charge in [-0.15, -0.1) is 0 Å². The predicted molar refractivity (Wildman–Crippen MR) is 143 cm³/mol. The average Bonchev–Trinajstić information content (AvgIpc) is 2.80. The number of benzene rings is 2. The highest BCUT2D eigenvalue weighted by Crippen LogP contribution is 2.23. The van der Waals surface area contributed by atoms with Crippen LogP contribution in [0.5, 0.6) is 5.75 Å². The largest absolute Gasteiger partial charge is 0.494 e. The molecule has 2 rings (SSSR count). The fraction of sp³-hybridized carbons (Fsp3) is 0.481. The molecule has 10 heteroatoms. The van der Waals surface area contributed by atoms with Crippen molar-refractivity contribution in [3.63, 3.8) is 0 Å². The van der Waals surface area contributed by atoms with Crippen LogP contribution < -0.4 is 14.4 Å². The Labute approximate surface area is 219 Å². The molecule has 0 fully saturated rings. The number of halogens is 1. The minimum absolute atomic E-state index is 0.0252. The number of amides is 2. The molecular formula is C27H38FN3O5S. The van der Waals surface area contributed by atoms with Crippen molar-refractivity contribution in [2.24, 2.45) is 0 Å². The Morgan fingerprint density at radius 3 is 2.16 bits per heavy atom. The van der Waals surface area contributed by atoms with Gasteiger partial charge in [-0.3, -0.25) is 13.9 Å². The number of sulfonamides is 1. The Kier molecular flexibility index (Phi) is 10.5. The van der Waals surface area contributed by atoms with E-state index in [1.807, 2.05) is 27.7 Å². The van der Waals surface area contributed by atoms with E-state index in [9.17, 15) is 22.4 Å². The van der Waals surface area contributed by atoms with Crippen LogP contribution in [0.2, 0.25) is 0 Å². The second-order valence-corrected chi connectivity index (χ2v) is 11.8. The van der Waals surface area contributed by atoms with Crippen LogP contribution in [0.1, 0.15) is 53.0 Å². The third kappa shape index (κ3) is 9.68. The normalized spacial score (nSPS) is 12.5. The molecule has 1 atom stereocenters. The Bertz CT molecular complexity index is 1150. The molecule has 0 aliphatic heterocycles. The molecule has 0 aliphatic rings. The summed E-state index contributed by atoms with van der Waals surface area (Å²) in [6, 6.07) is 11.7. The monoisotopic (exact) mass is 535 g/mol. The van der Waals surface area contributed by atoms with Gasteiger partial charge in [0.2, 0.25) is 21.8 Å². The summed E-state index contributed by atoms with van der Waals surface area (Å²) < 4.78 is 45.0. The maximum atomic E-state index is 13.4. The van der Waals surface area contributed by atoms with Crippen LogP contribution >= 0.6 is 0 Å². The zero-order valence-corrected chi connectivity index (χ0v) is 23.3. The van der Waals surface area contributed by atoms with Crippen LogP contribution in [0, 0.1) is 5.82 Å². The van der Waals surface area contributed by atoms with E-state index in [4.69, 9.17) is 4.74 Å². The van der Waals surface area contributed by atoms with Gasteiger partial charge >= 0.3 is 0 Å². The van der Waals surface area contributed by atoms with Gasteiger partial charge in [-0.25, -0.2) is 12.8 Å². The number of anilines is 1. The maximum absolute atomic E-state index is 13.4. The zero-order valence-electron chi connectivity index (χ0n) is 22.5. The fourth-order valence-corrected chi connectivity index (χ4v) is 4.69. The quantitative estimate of drug-likeness (QED) is 0.442. The van der Waals surface area contributed by atoms with E-state index in [-0.39, 0.29) is 37.7 Å². The first kappa shape index (κ1) is 30.1. The van der Waals surface area contributed by atoms with Crippen molar-refractivity contribution < 1.29 is 27.1 Å². The van der Waals surface area contributed by atoms with E-state index in [0.717, 1.165) is 6.26 Å². The van der Waals surface area contributed by atoms with Crippen molar-refractivity contribution in [3.8, 4) is 5.75 Å². The van der Waals surface area contributed by atoms with Gasteiger partial charge in [0.1, 0.15) is 17.6 Å². The second-order valence-electron chi connectivity index (χ2n) is 9.93. The molecule has 0 aromatic heterocycles. The molecule has 8 nitrogen and oxygen atoms in total. The van der Waals surface area contributed by atoms with Crippen LogP contribution in [0.15, 0.2) is 48.5 Å². The Balaban J connectivity index is 2.17. The molecule has 0 bridgehead atoms. The van der Waals surface area contributed by atoms with Crippen LogP contribution in [0.25, 0.3) is 0 Å². The number of ether oxygens (including phenoxy) is 1. The number of nitrogens with one attached hydrogen (secondary N) is 1. The first-order chi connectivity index (χ1) is 17.2. The highest BCUT2D eigenvalue weighted by atomic mass is 32.2. The van der Waals surface area contributed by atoms with Crippen LogP contribution in [0.3, 0.4) is 0 Å². The number of carbonyl (C=O) groups excluding carboxylic acids is 2. The summed E-state index contributed by atoms with van der Waals surface area (Å²) in [5.41, 5.74) is 0.667. The summed E-state index contributed by atoms with van der Waals surface area (Å²) in [5, 5.41) is 2.89. The summed E-state index contributed by atoms with van der Waals surface area (Å²) in [4.78, 5) is 27.6. The lowest BCUT2D eigenvalue weighted by Crippen LogP contribution is -2.52. The minimum Gasteiger partial charge on any atom is -0.494 e. The van der Waals surface area contributed by atoms with Crippen molar-refractivity contribution in [2.45, 2.75) is 65.6 Å². The van der Waals surface area contributed by atoms with Crippen molar-refractivity contribution in [2.75, 3.05) is 23.7 Å². The van der Waals surface area contributed by atoms with Gasteiger partial charge in [0, 0.05) is 25.0 Å². The number of rotatable bonds is 12. The van der Waals surface area contributed by atoms with Gasteiger partial charge in [-0.2, -0.15) is 0 Å².